The molecule has 1 heterocycles. The van der Waals surface area contributed by atoms with Crippen molar-refractivity contribution in [3.63, 3.8) is 0 Å². The molecule has 0 aliphatic heterocycles. The van der Waals surface area contributed by atoms with E-state index in [1.165, 1.54) is 20.5 Å². The van der Waals surface area contributed by atoms with Crippen LogP contribution in [-0.4, -0.2) is 11.1 Å². The fourth-order valence-corrected chi connectivity index (χ4v) is 3.82. The summed E-state index contributed by atoms with van der Waals surface area (Å²) in [6.45, 7) is 2.17. The number of carbonyl (C=O) groups is 1. The van der Waals surface area contributed by atoms with Crippen LogP contribution in [0, 0.1) is 0 Å². The summed E-state index contributed by atoms with van der Waals surface area (Å²) in [4.78, 5) is 11.9. The number of benzene rings is 1. The highest BCUT2D eigenvalue weighted by molar-refractivity contribution is 9.09. The monoisotopic (exact) mass is 296 g/mol. The van der Waals surface area contributed by atoms with Crippen molar-refractivity contribution >= 4 is 43.6 Å². The van der Waals surface area contributed by atoms with Gasteiger partial charge in [-0.15, -0.1) is 11.3 Å². The summed E-state index contributed by atoms with van der Waals surface area (Å²) in [5.41, 5.74) is 1.40. The summed E-state index contributed by atoms with van der Waals surface area (Å²) in [5, 5.41) is 1.34. The number of thiophene rings is 1. The van der Waals surface area contributed by atoms with Crippen LogP contribution >= 0.6 is 27.3 Å². The number of rotatable bonds is 4. The van der Waals surface area contributed by atoms with Crippen LogP contribution in [0.3, 0.4) is 0 Å². The number of carbonyl (C=O) groups excluding carboxylic acids is 1. The fourth-order valence-electron chi connectivity index (χ4n) is 1.93. The van der Waals surface area contributed by atoms with Gasteiger partial charge in [0.1, 0.15) is 6.29 Å². The highest BCUT2D eigenvalue weighted by Gasteiger charge is 2.13. The molecule has 0 aliphatic rings. The van der Waals surface area contributed by atoms with Gasteiger partial charge in [-0.2, -0.15) is 0 Å². The minimum atomic E-state index is -0.0640. The van der Waals surface area contributed by atoms with E-state index in [9.17, 15) is 4.79 Å². The summed E-state index contributed by atoms with van der Waals surface area (Å²) in [6, 6.07) is 8.45. The number of halogens is 1. The lowest BCUT2D eigenvalue weighted by Gasteiger charge is -2.02. The SMILES string of the molecule is CCc1c(C[C@H](Br)C=O)sc2ccccc12. The molecule has 2 rings (SSSR count). The second-order valence-electron chi connectivity index (χ2n) is 3.71. The minimum absolute atomic E-state index is 0.0640. The number of hydrogen-bond acceptors (Lipinski definition) is 2. The first-order valence-electron chi connectivity index (χ1n) is 5.35. The molecule has 0 amide bonds. The molecule has 16 heavy (non-hydrogen) atoms. The van der Waals surface area contributed by atoms with E-state index < -0.39 is 0 Å². The summed E-state index contributed by atoms with van der Waals surface area (Å²) in [6.07, 6.45) is 2.79. The van der Waals surface area contributed by atoms with Crippen LogP contribution in [0.15, 0.2) is 24.3 Å². The minimum Gasteiger partial charge on any atom is -0.302 e. The predicted molar refractivity (Wildman–Crippen MR) is 73.7 cm³/mol. The maximum Gasteiger partial charge on any atom is 0.133 e. The Kier molecular flexibility index (Phi) is 3.77. The molecule has 1 aromatic heterocycles. The van der Waals surface area contributed by atoms with Crippen LogP contribution in [0.1, 0.15) is 17.4 Å². The second-order valence-corrected chi connectivity index (χ2v) is 6.02. The Morgan fingerprint density at radius 2 is 2.19 bits per heavy atom. The average molecular weight is 297 g/mol. The van der Waals surface area contributed by atoms with E-state index in [0.29, 0.717) is 0 Å². The second kappa shape index (κ2) is 5.11. The van der Waals surface area contributed by atoms with Crippen molar-refractivity contribution in [2.75, 3.05) is 0 Å². The number of fused-ring (bicyclic) bond motifs is 1. The van der Waals surface area contributed by atoms with Crippen molar-refractivity contribution < 1.29 is 4.79 Å². The van der Waals surface area contributed by atoms with Gasteiger partial charge < -0.3 is 4.79 Å². The van der Waals surface area contributed by atoms with Gasteiger partial charge in [0.05, 0.1) is 4.83 Å². The van der Waals surface area contributed by atoms with Gasteiger partial charge in [0, 0.05) is 16.0 Å². The Bertz CT molecular complexity index is 504. The topological polar surface area (TPSA) is 17.1 Å². The molecule has 1 atom stereocenters. The normalized spacial score (nSPS) is 12.9. The van der Waals surface area contributed by atoms with Gasteiger partial charge in [-0.3, -0.25) is 0 Å². The van der Waals surface area contributed by atoms with Gasteiger partial charge in [-0.1, -0.05) is 41.1 Å². The Morgan fingerprint density at radius 1 is 1.44 bits per heavy atom. The summed E-state index contributed by atoms with van der Waals surface area (Å²) in [5.74, 6) is 0. The molecule has 0 N–H and O–H groups in total. The van der Waals surface area contributed by atoms with Crippen LogP contribution in [-0.2, 0) is 17.6 Å². The molecule has 84 valence electrons. The quantitative estimate of drug-likeness (QED) is 0.616. The molecule has 0 saturated heterocycles. The number of aldehydes is 1. The third kappa shape index (κ3) is 2.20. The molecular weight excluding hydrogens is 284 g/mol. The molecule has 1 aromatic carbocycles. The lowest BCUT2D eigenvalue weighted by molar-refractivity contribution is -0.107. The Labute approximate surface area is 108 Å². The van der Waals surface area contributed by atoms with Crippen molar-refractivity contribution in [1.29, 1.82) is 0 Å². The van der Waals surface area contributed by atoms with Crippen LogP contribution in [0.5, 0.6) is 0 Å². The van der Waals surface area contributed by atoms with Crippen LogP contribution in [0.25, 0.3) is 10.1 Å². The molecule has 0 saturated carbocycles. The third-order valence-corrected chi connectivity index (χ3v) is 4.44. The maximum absolute atomic E-state index is 10.7. The predicted octanol–water partition coefficient (Wildman–Crippen LogP) is 3.97. The van der Waals surface area contributed by atoms with Crippen LogP contribution in [0.4, 0.5) is 0 Å². The highest BCUT2D eigenvalue weighted by atomic mass is 79.9. The maximum atomic E-state index is 10.7. The number of alkyl halides is 1. The zero-order chi connectivity index (χ0) is 11.5. The van der Waals surface area contributed by atoms with E-state index in [4.69, 9.17) is 0 Å². The number of aryl methyl sites for hydroxylation is 1. The van der Waals surface area contributed by atoms with Gasteiger partial charge in [-0.05, 0) is 23.4 Å². The molecule has 0 fully saturated rings. The number of hydrogen-bond donors (Lipinski definition) is 0. The third-order valence-electron chi connectivity index (χ3n) is 2.66. The van der Waals surface area contributed by atoms with E-state index in [1.807, 2.05) is 0 Å². The van der Waals surface area contributed by atoms with Crippen molar-refractivity contribution in [2.45, 2.75) is 24.6 Å². The molecule has 2 aromatic rings. The molecule has 1 nitrogen and oxygen atoms in total. The van der Waals surface area contributed by atoms with Crippen molar-refractivity contribution in [3.8, 4) is 0 Å². The van der Waals surface area contributed by atoms with E-state index >= 15 is 0 Å². The fraction of sp³-hybridized carbons (Fsp3) is 0.308. The van der Waals surface area contributed by atoms with Crippen molar-refractivity contribution in [3.05, 3.63) is 34.7 Å². The summed E-state index contributed by atoms with van der Waals surface area (Å²) < 4.78 is 1.32. The molecule has 0 bridgehead atoms. The molecule has 0 radical (unpaired) electrons. The van der Waals surface area contributed by atoms with Gasteiger partial charge in [0.15, 0.2) is 0 Å². The molecule has 0 aliphatic carbocycles. The Balaban J connectivity index is 2.48. The van der Waals surface area contributed by atoms with Crippen molar-refractivity contribution in [2.24, 2.45) is 0 Å². The van der Waals surface area contributed by atoms with E-state index in [-0.39, 0.29) is 4.83 Å². The first kappa shape index (κ1) is 11.8. The smallest absolute Gasteiger partial charge is 0.133 e. The van der Waals surface area contributed by atoms with Gasteiger partial charge in [0.2, 0.25) is 0 Å². The summed E-state index contributed by atoms with van der Waals surface area (Å²) in [7, 11) is 0. The lowest BCUT2D eigenvalue weighted by atomic mass is 10.1. The van der Waals surface area contributed by atoms with E-state index in [1.54, 1.807) is 11.3 Å². The van der Waals surface area contributed by atoms with E-state index in [0.717, 1.165) is 19.1 Å². The summed E-state index contributed by atoms with van der Waals surface area (Å²) >= 11 is 5.18. The first-order valence-corrected chi connectivity index (χ1v) is 7.08. The lowest BCUT2D eigenvalue weighted by Crippen LogP contribution is -2.03. The largest absolute Gasteiger partial charge is 0.302 e. The van der Waals surface area contributed by atoms with Gasteiger partial charge >= 0.3 is 0 Å². The molecule has 0 unspecified atom stereocenters. The van der Waals surface area contributed by atoms with Crippen LogP contribution < -0.4 is 0 Å². The van der Waals surface area contributed by atoms with Crippen molar-refractivity contribution in [1.82, 2.24) is 0 Å². The first-order chi connectivity index (χ1) is 7.76. The Hall–Kier alpha value is -0.670. The zero-order valence-corrected chi connectivity index (χ0v) is 11.5. The van der Waals surface area contributed by atoms with Crippen LogP contribution in [0.2, 0.25) is 0 Å². The highest BCUT2D eigenvalue weighted by Crippen LogP contribution is 2.32. The van der Waals surface area contributed by atoms with Gasteiger partial charge in [0.25, 0.3) is 0 Å². The zero-order valence-electron chi connectivity index (χ0n) is 9.07. The standard InChI is InChI=1S/C13H13BrOS/c1-2-10-11-5-3-4-6-12(11)16-13(10)7-9(14)8-15/h3-6,8-9H,2,7H2,1H3/t9-/m0/s1. The molecular formula is C13H13BrOS. The average Bonchev–Trinajstić information content (AvgIpc) is 2.65. The molecule has 3 heteroatoms. The van der Waals surface area contributed by atoms with E-state index in [2.05, 4.69) is 47.1 Å². The molecule has 0 spiro atoms. The Morgan fingerprint density at radius 3 is 2.88 bits per heavy atom. The van der Waals surface area contributed by atoms with Gasteiger partial charge in [-0.25, -0.2) is 0 Å².